The molecule has 202 valence electrons. The lowest BCUT2D eigenvalue weighted by atomic mass is 10.1. The van der Waals surface area contributed by atoms with E-state index in [1.54, 1.807) is 51.1 Å². The lowest BCUT2D eigenvalue weighted by Crippen LogP contribution is -2.30. The average molecular weight is 531 g/mol. The monoisotopic (exact) mass is 530 g/mol. The zero-order valence-electron chi connectivity index (χ0n) is 22.2. The van der Waals surface area contributed by atoms with E-state index in [1.165, 1.54) is 17.7 Å². The maximum Gasteiger partial charge on any atom is 0.419 e. The van der Waals surface area contributed by atoms with Gasteiger partial charge in [0.15, 0.2) is 0 Å². The summed E-state index contributed by atoms with van der Waals surface area (Å²) >= 11 is 0. The molecule has 0 aliphatic rings. The molecule has 2 amide bonds. The summed E-state index contributed by atoms with van der Waals surface area (Å²) in [6.07, 6.45) is 1.44. The number of esters is 1. The maximum atomic E-state index is 13.0. The van der Waals surface area contributed by atoms with Crippen molar-refractivity contribution >= 4 is 45.7 Å². The lowest BCUT2D eigenvalue weighted by molar-refractivity contribution is -0.131. The number of ether oxygens (including phenoxy) is 2. The number of nitrogens with one attached hydrogen (secondary N) is 2. The highest BCUT2D eigenvalue weighted by Crippen LogP contribution is 2.30. The highest BCUT2D eigenvalue weighted by Gasteiger charge is 2.23. The van der Waals surface area contributed by atoms with E-state index in [1.807, 2.05) is 24.3 Å². The van der Waals surface area contributed by atoms with Gasteiger partial charge >= 0.3 is 12.1 Å². The number of rotatable bonds is 7. The van der Waals surface area contributed by atoms with Crippen molar-refractivity contribution < 1.29 is 28.7 Å². The van der Waals surface area contributed by atoms with Crippen LogP contribution in [0.15, 0.2) is 60.8 Å². The van der Waals surface area contributed by atoms with Crippen LogP contribution < -0.4 is 15.4 Å². The molecule has 0 aliphatic carbocycles. The molecule has 0 saturated carbocycles. The van der Waals surface area contributed by atoms with Crippen LogP contribution in [0.25, 0.3) is 21.8 Å². The number of carbonyl (C=O) groups excluding carboxylic acids is 4. The zero-order chi connectivity index (χ0) is 28.2. The van der Waals surface area contributed by atoms with Gasteiger partial charge in [0.05, 0.1) is 22.8 Å². The normalized spacial score (nSPS) is 11.3. The van der Waals surface area contributed by atoms with Crippen LogP contribution in [0.3, 0.4) is 0 Å². The van der Waals surface area contributed by atoms with Crippen molar-refractivity contribution in [2.75, 3.05) is 13.1 Å². The molecule has 2 heterocycles. The Morgan fingerprint density at radius 1 is 0.872 bits per heavy atom. The standard InChI is InChI=1S/C29H30N4O6/c1-18(34)38-25-13-8-6-11-20(25)26(35)30-14-9-15-31-27(36)22-16-21-19-10-5-7-12-23(19)33(24(21)17-32-22)28(37)39-29(2,3)4/h5-8,10-13,16-17H,9,14-15H2,1-4H3,(H,30,35)(H,31,36). The smallest absolute Gasteiger partial charge is 0.419 e. The molecular formula is C29H30N4O6. The minimum absolute atomic E-state index is 0.185. The number of hydrogen-bond acceptors (Lipinski definition) is 7. The number of para-hydroxylation sites is 2. The van der Waals surface area contributed by atoms with Gasteiger partial charge in [0.25, 0.3) is 11.8 Å². The van der Waals surface area contributed by atoms with Crippen LogP contribution in [0.1, 0.15) is 55.0 Å². The van der Waals surface area contributed by atoms with Crippen molar-refractivity contribution in [1.82, 2.24) is 20.2 Å². The fourth-order valence-electron chi connectivity index (χ4n) is 4.07. The quantitative estimate of drug-likeness (QED) is 0.205. The van der Waals surface area contributed by atoms with Crippen molar-refractivity contribution in [1.29, 1.82) is 0 Å². The molecule has 2 aromatic carbocycles. The second-order valence-electron chi connectivity index (χ2n) is 9.87. The van der Waals surface area contributed by atoms with E-state index in [-0.39, 0.29) is 28.8 Å². The highest BCUT2D eigenvalue weighted by molar-refractivity contribution is 6.13. The Morgan fingerprint density at radius 3 is 2.26 bits per heavy atom. The molecule has 10 heteroatoms. The number of nitrogens with zero attached hydrogens (tertiary/aromatic N) is 2. The molecule has 2 N–H and O–H groups in total. The van der Waals surface area contributed by atoms with Gasteiger partial charge in [-0.05, 0) is 51.5 Å². The summed E-state index contributed by atoms with van der Waals surface area (Å²) < 4.78 is 12.1. The van der Waals surface area contributed by atoms with Gasteiger partial charge in [0.2, 0.25) is 0 Å². The van der Waals surface area contributed by atoms with Crippen LogP contribution in [0.4, 0.5) is 4.79 Å². The predicted octanol–water partition coefficient (Wildman–Crippen LogP) is 4.45. The van der Waals surface area contributed by atoms with Crippen molar-refractivity contribution in [3.8, 4) is 5.75 Å². The van der Waals surface area contributed by atoms with E-state index in [0.717, 1.165) is 5.39 Å². The Morgan fingerprint density at radius 2 is 1.54 bits per heavy atom. The van der Waals surface area contributed by atoms with Crippen LogP contribution in [0.5, 0.6) is 5.75 Å². The van der Waals surface area contributed by atoms with Crippen molar-refractivity contribution in [2.45, 2.75) is 39.7 Å². The molecule has 0 fully saturated rings. The predicted molar refractivity (Wildman–Crippen MR) is 146 cm³/mol. The number of amides is 2. The van der Waals surface area contributed by atoms with Gasteiger partial charge in [-0.3, -0.25) is 14.4 Å². The van der Waals surface area contributed by atoms with E-state index in [9.17, 15) is 19.2 Å². The van der Waals surface area contributed by atoms with E-state index in [2.05, 4.69) is 15.6 Å². The van der Waals surface area contributed by atoms with Crippen LogP contribution in [0.2, 0.25) is 0 Å². The molecule has 0 saturated heterocycles. The molecule has 4 aromatic rings. The molecule has 2 aromatic heterocycles. The fourth-order valence-corrected chi connectivity index (χ4v) is 4.07. The summed E-state index contributed by atoms with van der Waals surface area (Å²) in [7, 11) is 0. The fraction of sp³-hybridized carbons (Fsp3) is 0.276. The number of pyridine rings is 1. The average Bonchev–Trinajstić information content (AvgIpc) is 3.21. The zero-order valence-corrected chi connectivity index (χ0v) is 22.2. The first-order chi connectivity index (χ1) is 18.5. The van der Waals surface area contributed by atoms with Gasteiger partial charge in [-0.15, -0.1) is 0 Å². The minimum Gasteiger partial charge on any atom is -0.443 e. The third kappa shape index (κ3) is 6.40. The van der Waals surface area contributed by atoms with Crippen LogP contribution >= 0.6 is 0 Å². The van der Waals surface area contributed by atoms with Gasteiger partial charge in [-0.25, -0.2) is 14.3 Å². The summed E-state index contributed by atoms with van der Waals surface area (Å²) in [5, 5.41) is 7.06. The Hall–Kier alpha value is -4.73. The van der Waals surface area contributed by atoms with E-state index in [4.69, 9.17) is 9.47 Å². The molecule has 0 bridgehead atoms. The van der Waals surface area contributed by atoms with E-state index < -0.39 is 17.7 Å². The summed E-state index contributed by atoms with van der Waals surface area (Å²) in [5.74, 6) is -1.09. The topological polar surface area (TPSA) is 129 Å². The largest absolute Gasteiger partial charge is 0.443 e. The number of aromatic nitrogens is 2. The molecule has 0 unspecified atom stereocenters. The number of hydrogen-bond donors (Lipinski definition) is 2. The van der Waals surface area contributed by atoms with Crippen molar-refractivity contribution in [2.24, 2.45) is 0 Å². The van der Waals surface area contributed by atoms with Gasteiger partial charge in [-0.2, -0.15) is 0 Å². The van der Waals surface area contributed by atoms with Gasteiger partial charge in [0, 0.05) is 30.8 Å². The van der Waals surface area contributed by atoms with Crippen LogP contribution in [-0.2, 0) is 9.53 Å². The maximum absolute atomic E-state index is 13.0. The second-order valence-corrected chi connectivity index (χ2v) is 9.87. The lowest BCUT2D eigenvalue weighted by Gasteiger charge is -2.20. The highest BCUT2D eigenvalue weighted by atomic mass is 16.6. The van der Waals surface area contributed by atoms with Crippen LogP contribution in [0, 0.1) is 0 Å². The number of fused-ring (bicyclic) bond motifs is 3. The molecule has 0 spiro atoms. The van der Waals surface area contributed by atoms with Crippen molar-refractivity contribution in [3.05, 3.63) is 72.1 Å². The molecule has 0 aliphatic heterocycles. The third-order valence-corrected chi connectivity index (χ3v) is 5.68. The SMILES string of the molecule is CC(=O)Oc1ccccc1C(=O)NCCCNC(=O)c1cc2c3ccccc3n(C(=O)OC(C)(C)C)c2cn1. The Bertz CT molecular complexity index is 1570. The molecule has 4 rings (SSSR count). The number of benzene rings is 2. The summed E-state index contributed by atoms with van der Waals surface area (Å²) in [4.78, 5) is 53.8. The molecule has 39 heavy (non-hydrogen) atoms. The van der Waals surface area contributed by atoms with E-state index in [0.29, 0.717) is 35.9 Å². The second kappa shape index (κ2) is 11.3. The van der Waals surface area contributed by atoms with Crippen LogP contribution in [-0.4, -0.2) is 52.1 Å². The van der Waals surface area contributed by atoms with Crippen molar-refractivity contribution in [3.63, 3.8) is 0 Å². The van der Waals surface area contributed by atoms with Gasteiger partial charge in [0.1, 0.15) is 17.0 Å². The molecule has 0 atom stereocenters. The first-order valence-electron chi connectivity index (χ1n) is 12.5. The first-order valence-corrected chi connectivity index (χ1v) is 12.5. The summed E-state index contributed by atoms with van der Waals surface area (Å²) in [6.45, 7) is 7.25. The summed E-state index contributed by atoms with van der Waals surface area (Å²) in [5.41, 5.74) is 0.979. The molecule has 10 nitrogen and oxygen atoms in total. The van der Waals surface area contributed by atoms with Gasteiger partial charge < -0.3 is 20.1 Å². The Labute approximate surface area is 225 Å². The Kier molecular flexibility index (Phi) is 7.94. The summed E-state index contributed by atoms with van der Waals surface area (Å²) in [6, 6.07) is 15.5. The van der Waals surface area contributed by atoms with E-state index >= 15 is 0 Å². The van der Waals surface area contributed by atoms with Gasteiger partial charge in [-0.1, -0.05) is 30.3 Å². The first kappa shape index (κ1) is 27.3. The number of carbonyl (C=O) groups is 4. The third-order valence-electron chi connectivity index (χ3n) is 5.68. The minimum atomic E-state index is -0.673. The molecule has 0 radical (unpaired) electrons. The Balaban J connectivity index is 1.40. The molecular weight excluding hydrogens is 500 g/mol.